The molecule has 1 aliphatic rings. The lowest BCUT2D eigenvalue weighted by Gasteiger charge is -2.47. The lowest BCUT2D eigenvalue weighted by molar-refractivity contribution is -0.0883. The number of nitrogens with two attached hydrogens (primary N) is 1. The molecular formula is C18H38N2O. The third-order valence-corrected chi connectivity index (χ3v) is 5.54. The molecular weight excluding hydrogens is 260 g/mol. The Hall–Kier alpha value is -0.120. The normalized spacial score (nSPS) is 22.1. The first kappa shape index (κ1) is 18.9. The van der Waals surface area contributed by atoms with Crippen LogP contribution in [0.25, 0.3) is 0 Å². The Kier molecular flexibility index (Phi) is 8.22. The number of rotatable bonds is 10. The van der Waals surface area contributed by atoms with Crippen LogP contribution in [-0.2, 0) is 4.74 Å². The standard InChI is InChI=1S/C18H38N2O/c1-5-6-7-8-9-10-11-16(20-19)18(21-4)14-12-17(2,3)13-15-18/h16,20H,5-15,19H2,1-4H3. The summed E-state index contributed by atoms with van der Waals surface area (Å²) in [4.78, 5) is 0. The van der Waals surface area contributed by atoms with Crippen molar-refractivity contribution in [2.75, 3.05) is 7.11 Å². The molecule has 3 N–H and O–H groups in total. The number of hydrogen-bond acceptors (Lipinski definition) is 3. The number of unbranched alkanes of at least 4 members (excludes halogenated alkanes) is 5. The van der Waals surface area contributed by atoms with Crippen LogP contribution in [0.5, 0.6) is 0 Å². The van der Waals surface area contributed by atoms with E-state index in [1.54, 1.807) is 0 Å². The van der Waals surface area contributed by atoms with Gasteiger partial charge >= 0.3 is 0 Å². The zero-order chi connectivity index (χ0) is 15.8. The van der Waals surface area contributed by atoms with Gasteiger partial charge in [-0.1, -0.05) is 59.3 Å². The summed E-state index contributed by atoms with van der Waals surface area (Å²) in [5.41, 5.74) is 3.48. The van der Waals surface area contributed by atoms with Gasteiger partial charge in [0.05, 0.1) is 11.6 Å². The zero-order valence-electron chi connectivity index (χ0n) is 14.8. The van der Waals surface area contributed by atoms with Crippen LogP contribution in [0, 0.1) is 5.41 Å². The zero-order valence-corrected chi connectivity index (χ0v) is 14.8. The minimum Gasteiger partial charge on any atom is -0.377 e. The average molecular weight is 299 g/mol. The molecule has 0 bridgehead atoms. The van der Waals surface area contributed by atoms with Gasteiger partial charge in [0, 0.05) is 7.11 Å². The first-order valence-corrected chi connectivity index (χ1v) is 9.01. The fourth-order valence-corrected chi connectivity index (χ4v) is 3.67. The molecule has 3 heteroatoms. The van der Waals surface area contributed by atoms with E-state index in [2.05, 4.69) is 26.2 Å². The van der Waals surface area contributed by atoms with Gasteiger partial charge in [-0.15, -0.1) is 0 Å². The second kappa shape index (κ2) is 9.12. The van der Waals surface area contributed by atoms with Gasteiger partial charge in [-0.25, -0.2) is 0 Å². The Morgan fingerprint density at radius 2 is 1.57 bits per heavy atom. The van der Waals surface area contributed by atoms with Crippen LogP contribution in [0.1, 0.15) is 91.4 Å². The van der Waals surface area contributed by atoms with Crippen LogP contribution in [0.3, 0.4) is 0 Å². The van der Waals surface area contributed by atoms with Crippen molar-refractivity contribution in [3.8, 4) is 0 Å². The minimum atomic E-state index is -0.0479. The van der Waals surface area contributed by atoms with Gasteiger partial charge in [0.1, 0.15) is 0 Å². The van der Waals surface area contributed by atoms with E-state index in [9.17, 15) is 0 Å². The van der Waals surface area contributed by atoms with Crippen molar-refractivity contribution in [2.24, 2.45) is 11.3 Å². The first-order valence-electron chi connectivity index (χ1n) is 9.01. The quantitative estimate of drug-likeness (QED) is 0.353. The van der Waals surface area contributed by atoms with Crippen molar-refractivity contribution in [1.29, 1.82) is 0 Å². The van der Waals surface area contributed by atoms with Crippen LogP contribution in [-0.4, -0.2) is 18.8 Å². The van der Waals surface area contributed by atoms with Gasteiger partial charge in [0.15, 0.2) is 0 Å². The third-order valence-electron chi connectivity index (χ3n) is 5.54. The minimum absolute atomic E-state index is 0.0479. The highest BCUT2D eigenvalue weighted by Gasteiger charge is 2.43. The molecule has 0 aliphatic heterocycles. The predicted octanol–water partition coefficient (Wildman–Crippen LogP) is 4.55. The van der Waals surface area contributed by atoms with E-state index in [4.69, 9.17) is 10.6 Å². The summed E-state index contributed by atoms with van der Waals surface area (Å²) in [5.74, 6) is 5.86. The largest absolute Gasteiger partial charge is 0.377 e. The molecule has 0 radical (unpaired) electrons. The molecule has 0 spiro atoms. The van der Waals surface area contributed by atoms with E-state index < -0.39 is 0 Å². The fraction of sp³-hybridized carbons (Fsp3) is 1.00. The third kappa shape index (κ3) is 5.88. The molecule has 0 heterocycles. The van der Waals surface area contributed by atoms with Crippen LogP contribution in [0.4, 0.5) is 0 Å². The smallest absolute Gasteiger partial charge is 0.0844 e. The molecule has 0 amide bonds. The van der Waals surface area contributed by atoms with Crippen molar-refractivity contribution in [1.82, 2.24) is 5.43 Å². The number of hydrazine groups is 1. The van der Waals surface area contributed by atoms with Gasteiger partial charge in [0.2, 0.25) is 0 Å². The summed E-state index contributed by atoms with van der Waals surface area (Å²) in [6, 6.07) is 0.296. The van der Waals surface area contributed by atoms with E-state index in [1.165, 1.54) is 51.4 Å². The fourth-order valence-electron chi connectivity index (χ4n) is 3.67. The van der Waals surface area contributed by atoms with E-state index in [-0.39, 0.29) is 5.60 Å². The summed E-state index contributed by atoms with van der Waals surface area (Å²) in [7, 11) is 1.86. The Labute approximate surface area is 132 Å². The SMILES string of the molecule is CCCCCCCCC(NN)C1(OC)CCC(C)(C)CC1. The number of nitrogens with one attached hydrogen (secondary N) is 1. The Balaban J connectivity index is 2.41. The molecule has 1 rings (SSSR count). The Bertz CT molecular complexity index is 268. The summed E-state index contributed by atoms with van der Waals surface area (Å²) in [6.07, 6.45) is 13.9. The average Bonchev–Trinajstić information content (AvgIpc) is 2.48. The van der Waals surface area contributed by atoms with Crippen molar-refractivity contribution < 1.29 is 4.74 Å². The molecule has 1 fully saturated rings. The van der Waals surface area contributed by atoms with E-state index >= 15 is 0 Å². The van der Waals surface area contributed by atoms with E-state index in [1.807, 2.05) is 7.11 Å². The second-order valence-corrected chi connectivity index (χ2v) is 7.71. The Morgan fingerprint density at radius 1 is 1.00 bits per heavy atom. The van der Waals surface area contributed by atoms with Crippen LogP contribution in [0.2, 0.25) is 0 Å². The molecule has 3 nitrogen and oxygen atoms in total. The van der Waals surface area contributed by atoms with Crippen molar-refractivity contribution in [3.05, 3.63) is 0 Å². The van der Waals surface area contributed by atoms with E-state index in [0.717, 1.165) is 19.3 Å². The van der Waals surface area contributed by atoms with Crippen LogP contribution >= 0.6 is 0 Å². The second-order valence-electron chi connectivity index (χ2n) is 7.71. The molecule has 0 saturated heterocycles. The maximum atomic E-state index is 5.98. The maximum Gasteiger partial charge on any atom is 0.0844 e. The Morgan fingerprint density at radius 3 is 2.10 bits per heavy atom. The number of ether oxygens (including phenoxy) is 1. The summed E-state index contributed by atoms with van der Waals surface area (Å²) < 4.78 is 5.98. The topological polar surface area (TPSA) is 47.3 Å². The summed E-state index contributed by atoms with van der Waals surface area (Å²) in [5, 5.41) is 0. The van der Waals surface area contributed by atoms with Crippen molar-refractivity contribution >= 4 is 0 Å². The van der Waals surface area contributed by atoms with Gasteiger partial charge in [0.25, 0.3) is 0 Å². The number of methoxy groups -OCH3 is 1. The molecule has 21 heavy (non-hydrogen) atoms. The molecule has 1 unspecified atom stereocenters. The van der Waals surface area contributed by atoms with E-state index in [0.29, 0.717) is 11.5 Å². The molecule has 0 aromatic rings. The first-order chi connectivity index (χ1) is 9.99. The van der Waals surface area contributed by atoms with Gasteiger partial charge in [-0.3, -0.25) is 11.3 Å². The van der Waals surface area contributed by atoms with Crippen molar-refractivity contribution in [3.63, 3.8) is 0 Å². The van der Waals surface area contributed by atoms with Gasteiger partial charge in [-0.05, 0) is 37.5 Å². The monoisotopic (exact) mass is 298 g/mol. The molecule has 0 aromatic heterocycles. The number of hydrogen-bond donors (Lipinski definition) is 2. The molecule has 1 atom stereocenters. The predicted molar refractivity (Wildman–Crippen MR) is 91.1 cm³/mol. The highest BCUT2D eigenvalue weighted by Crippen LogP contribution is 2.44. The highest BCUT2D eigenvalue weighted by atomic mass is 16.5. The van der Waals surface area contributed by atoms with Crippen molar-refractivity contribution in [2.45, 2.75) is 103 Å². The maximum absolute atomic E-state index is 5.98. The summed E-state index contributed by atoms with van der Waals surface area (Å²) in [6.45, 7) is 7.00. The molecule has 0 aromatic carbocycles. The van der Waals surface area contributed by atoms with Gasteiger partial charge < -0.3 is 4.74 Å². The van der Waals surface area contributed by atoms with Crippen LogP contribution < -0.4 is 11.3 Å². The summed E-state index contributed by atoms with van der Waals surface area (Å²) >= 11 is 0. The van der Waals surface area contributed by atoms with Gasteiger partial charge in [-0.2, -0.15) is 0 Å². The lowest BCUT2D eigenvalue weighted by Crippen LogP contribution is -2.56. The van der Waals surface area contributed by atoms with Crippen LogP contribution in [0.15, 0.2) is 0 Å². The molecule has 1 saturated carbocycles. The highest BCUT2D eigenvalue weighted by molar-refractivity contribution is 4.97. The molecule has 1 aliphatic carbocycles. The molecule has 126 valence electrons. The lowest BCUT2D eigenvalue weighted by atomic mass is 9.68.